The standard InChI is InChI=1S/C19H21ClN4O3/c1-13(15-4-2-3-5-16(15)20)22-8-10-23(11-9-22)19(25)14-6-7-17(21)18(12-14)24(26)27/h2-7,12-13H,8-11,21H2,1H3. The maximum absolute atomic E-state index is 12.7. The SMILES string of the molecule is CC(c1ccccc1Cl)N1CCN(C(=O)c2ccc(N)c([N+](=O)[O-])c2)CC1. The summed E-state index contributed by atoms with van der Waals surface area (Å²) < 4.78 is 0. The number of nitrogen functional groups attached to an aromatic ring is 1. The fraction of sp³-hybridized carbons (Fsp3) is 0.316. The Bertz CT molecular complexity index is 866. The Labute approximate surface area is 162 Å². The minimum atomic E-state index is -0.574. The molecule has 27 heavy (non-hydrogen) atoms. The van der Waals surface area contributed by atoms with Crippen LogP contribution in [0.2, 0.25) is 5.02 Å². The minimum absolute atomic E-state index is 0.0509. The zero-order chi connectivity index (χ0) is 19.6. The van der Waals surface area contributed by atoms with Crippen molar-refractivity contribution in [2.24, 2.45) is 0 Å². The smallest absolute Gasteiger partial charge is 0.292 e. The Morgan fingerprint density at radius 1 is 1.19 bits per heavy atom. The van der Waals surface area contributed by atoms with Gasteiger partial charge >= 0.3 is 0 Å². The number of carbonyl (C=O) groups excluding carboxylic acids is 1. The summed E-state index contributed by atoms with van der Waals surface area (Å²) in [7, 11) is 0. The lowest BCUT2D eigenvalue weighted by molar-refractivity contribution is -0.383. The van der Waals surface area contributed by atoms with Gasteiger partial charge in [-0.05, 0) is 30.7 Å². The molecule has 0 aromatic heterocycles. The van der Waals surface area contributed by atoms with Crippen molar-refractivity contribution in [1.82, 2.24) is 9.80 Å². The van der Waals surface area contributed by atoms with E-state index in [9.17, 15) is 14.9 Å². The minimum Gasteiger partial charge on any atom is -0.393 e. The third kappa shape index (κ3) is 4.04. The van der Waals surface area contributed by atoms with Gasteiger partial charge in [-0.2, -0.15) is 0 Å². The van der Waals surface area contributed by atoms with E-state index < -0.39 is 4.92 Å². The zero-order valence-corrected chi connectivity index (χ0v) is 15.7. The molecule has 1 aliphatic heterocycles. The maximum atomic E-state index is 12.7. The van der Waals surface area contributed by atoms with E-state index in [1.54, 1.807) is 4.90 Å². The van der Waals surface area contributed by atoms with Gasteiger partial charge in [-0.3, -0.25) is 19.8 Å². The summed E-state index contributed by atoms with van der Waals surface area (Å²) in [4.78, 5) is 27.2. The van der Waals surface area contributed by atoms with Crippen LogP contribution in [0, 0.1) is 10.1 Å². The van der Waals surface area contributed by atoms with Crippen LogP contribution >= 0.6 is 11.6 Å². The molecule has 2 aromatic carbocycles. The van der Waals surface area contributed by atoms with Crippen molar-refractivity contribution < 1.29 is 9.72 Å². The summed E-state index contributed by atoms with van der Waals surface area (Å²) in [5.41, 5.74) is 6.76. The molecule has 8 heteroatoms. The second kappa shape index (κ2) is 7.94. The molecule has 0 spiro atoms. The molecular formula is C19H21ClN4O3. The molecule has 1 amide bonds. The topological polar surface area (TPSA) is 92.7 Å². The van der Waals surface area contributed by atoms with Crippen molar-refractivity contribution in [3.05, 3.63) is 68.7 Å². The highest BCUT2D eigenvalue weighted by Gasteiger charge is 2.27. The van der Waals surface area contributed by atoms with Crippen LogP contribution in [-0.4, -0.2) is 46.8 Å². The summed E-state index contributed by atoms with van der Waals surface area (Å²) in [6.45, 7) is 4.60. The van der Waals surface area contributed by atoms with Crippen molar-refractivity contribution in [2.75, 3.05) is 31.9 Å². The van der Waals surface area contributed by atoms with Gasteiger partial charge in [0, 0.05) is 48.9 Å². The van der Waals surface area contributed by atoms with Gasteiger partial charge in [0.1, 0.15) is 5.69 Å². The molecule has 0 bridgehead atoms. The quantitative estimate of drug-likeness (QED) is 0.492. The van der Waals surface area contributed by atoms with Gasteiger partial charge < -0.3 is 10.6 Å². The molecule has 1 atom stereocenters. The van der Waals surface area contributed by atoms with Crippen LogP contribution < -0.4 is 5.73 Å². The number of nitrogens with two attached hydrogens (primary N) is 1. The number of anilines is 1. The number of rotatable bonds is 4. The molecule has 7 nitrogen and oxygen atoms in total. The number of hydrogen-bond donors (Lipinski definition) is 1. The van der Waals surface area contributed by atoms with Gasteiger partial charge in [-0.15, -0.1) is 0 Å². The van der Waals surface area contributed by atoms with Crippen LogP contribution in [0.4, 0.5) is 11.4 Å². The molecule has 3 rings (SSSR count). The zero-order valence-electron chi connectivity index (χ0n) is 15.0. The van der Waals surface area contributed by atoms with Crippen molar-refractivity contribution in [3.63, 3.8) is 0 Å². The Morgan fingerprint density at radius 3 is 2.48 bits per heavy atom. The summed E-state index contributed by atoms with van der Waals surface area (Å²) >= 11 is 6.29. The molecular weight excluding hydrogens is 368 g/mol. The molecule has 1 saturated heterocycles. The van der Waals surface area contributed by atoms with Crippen molar-refractivity contribution >= 4 is 28.9 Å². The van der Waals surface area contributed by atoms with Gasteiger partial charge in [0.2, 0.25) is 0 Å². The molecule has 0 radical (unpaired) electrons. The number of nitrogens with zero attached hydrogens (tertiary/aromatic N) is 3. The van der Waals surface area contributed by atoms with Crippen LogP contribution in [0.25, 0.3) is 0 Å². The molecule has 0 saturated carbocycles. The highest BCUT2D eigenvalue weighted by atomic mass is 35.5. The number of piperazine rings is 1. The lowest BCUT2D eigenvalue weighted by atomic mass is 10.1. The first kappa shape index (κ1) is 19.1. The van der Waals surface area contributed by atoms with E-state index in [4.69, 9.17) is 17.3 Å². The lowest BCUT2D eigenvalue weighted by Gasteiger charge is -2.38. The van der Waals surface area contributed by atoms with Gasteiger partial charge in [-0.25, -0.2) is 0 Å². The van der Waals surface area contributed by atoms with E-state index >= 15 is 0 Å². The summed E-state index contributed by atoms with van der Waals surface area (Å²) in [5, 5.41) is 11.8. The maximum Gasteiger partial charge on any atom is 0.292 e. The summed E-state index contributed by atoms with van der Waals surface area (Å²) in [6.07, 6.45) is 0. The van der Waals surface area contributed by atoms with E-state index in [2.05, 4.69) is 11.8 Å². The van der Waals surface area contributed by atoms with E-state index in [-0.39, 0.29) is 28.9 Å². The van der Waals surface area contributed by atoms with Crippen LogP contribution in [-0.2, 0) is 0 Å². The molecule has 2 aromatic rings. The molecule has 1 aliphatic rings. The molecule has 2 N–H and O–H groups in total. The average molecular weight is 389 g/mol. The predicted molar refractivity (Wildman–Crippen MR) is 105 cm³/mol. The van der Waals surface area contributed by atoms with Crippen LogP contribution in [0.15, 0.2) is 42.5 Å². The van der Waals surface area contributed by atoms with Gasteiger partial charge in [0.05, 0.1) is 4.92 Å². The van der Waals surface area contributed by atoms with Crippen molar-refractivity contribution in [3.8, 4) is 0 Å². The largest absolute Gasteiger partial charge is 0.393 e. The number of amides is 1. The number of nitro benzene ring substituents is 1. The molecule has 1 unspecified atom stereocenters. The Morgan fingerprint density at radius 2 is 1.85 bits per heavy atom. The first-order chi connectivity index (χ1) is 12.9. The van der Waals surface area contributed by atoms with Gasteiger partial charge in [0.25, 0.3) is 11.6 Å². The van der Waals surface area contributed by atoms with Crippen LogP contribution in [0.5, 0.6) is 0 Å². The second-order valence-corrected chi connectivity index (χ2v) is 6.96. The Hall–Kier alpha value is -2.64. The number of halogens is 1. The molecule has 142 valence electrons. The van der Waals surface area contributed by atoms with Crippen LogP contribution in [0.1, 0.15) is 28.9 Å². The molecule has 1 heterocycles. The second-order valence-electron chi connectivity index (χ2n) is 6.56. The summed E-state index contributed by atoms with van der Waals surface area (Å²) in [5.74, 6) is -0.219. The number of carbonyl (C=O) groups is 1. The Kier molecular flexibility index (Phi) is 5.62. The van der Waals surface area contributed by atoms with Crippen molar-refractivity contribution in [1.29, 1.82) is 0 Å². The van der Waals surface area contributed by atoms with Crippen LogP contribution in [0.3, 0.4) is 0 Å². The average Bonchev–Trinajstić information content (AvgIpc) is 2.67. The third-order valence-electron chi connectivity index (χ3n) is 4.98. The Balaban J connectivity index is 1.67. The third-order valence-corrected chi connectivity index (χ3v) is 5.32. The predicted octanol–water partition coefficient (Wildman–Crippen LogP) is 3.35. The number of benzene rings is 2. The highest BCUT2D eigenvalue weighted by molar-refractivity contribution is 6.31. The fourth-order valence-electron chi connectivity index (χ4n) is 3.34. The number of nitro groups is 1. The highest BCUT2D eigenvalue weighted by Crippen LogP contribution is 2.28. The van der Waals surface area contributed by atoms with Gasteiger partial charge in [-0.1, -0.05) is 29.8 Å². The first-order valence-corrected chi connectivity index (χ1v) is 9.08. The first-order valence-electron chi connectivity index (χ1n) is 8.70. The molecule has 1 fully saturated rings. The molecule has 0 aliphatic carbocycles. The fourth-order valence-corrected chi connectivity index (χ4v) is 3.63. The van der Waals surface area contributed by atoms with E-state index in [0.29, 0.717) is 26.2 Å². The monoisotopic (exact) mass is 388 g/mol. The van der Waals surface area contributed by atoms with E-state index in [1.165, 1.54) is 18.2 Å². The lowest BCUT2D eigenvalue weighted by Crippen LogP contribution is -2.49. The number of hydrogen-bond acceptors (Lipinski definition) is 5. The normalized spacial score (nSPS) is 16.1. The van der Waals surface area contributed by atoms with Gasteiger partial charge in [0.15, 0.2) is 0 Å². The van der Waals surface area contributed by atoms with Crippen molar-refractivity contribution in [2.45, 2.75) is 13.0 Å². The van der Waals surface area contributed by atoms with E-state index in [0.717, 1.165) is 10.6 Å². The summed E-state index contributed by atoms with van der Waals surface area (Å²) in [6, 6.07) is 12.1. The van der Waals surface area contributed by atoms with E-state index in [1.807, 2.05) is 24.3 Å².